The van der Waals surface area contributed by atoms with Crippen LogP contribution in [0.4, 0.5) is 0 Å². The lowest BCUT2D eigenvalue weighted by Crippen LogP contribution is -2.01. The summed E-state index contributed by atoms with van der Waals surface area (Å²) in [5.74, 6) is 1.78. The zero-order valence-electron chi connectivity index (χ0n) is 33.5. The Morgan fingerprint density at radius 3 is 1.63 bits per heavy atom. The summed E-state index contributed by atoms with van der Waals surface area (Å²) >= 11 is 0. The standard InChI is InChI=1S/C57H36N4O/c1-4-15-37(16-5-1)40-27-30-45(38-17-6-2-7-18-38)49(34-40)41-29-32-52-50(35-41)46-23-10-12-25-51(46)61(52)44-22-14-21-42(33-44)56-58-55(39-19-8-3-9-20-39)59-57(60-56)43-28-31-48-47-24-11-13-26-53(47)62-54(48)36-43/h1-36H. The van der Waals surface area contributed by atoms with Crippen molar-refractivity contribution in [2.24, 2.45) is 0 Å². The summed E-state index contributed by atoms with van der Waals surface area (Å²) in [5.41, 5.74) is 14.7. The average Bonchev–Trinajstić information content (AvgIpc) is 3.89. The van der Waals surface area contributed by atoms with Gasteiger partial charge in [0, 0.05) is 43.9 Å². The number of furan rings is 1. The Labute approximate surface area is 357 Å². The molecule has 5 heteroatoms. The molecule has 0 aliphatic rings. The van der Waals surface area contributed by atoms with E-state index in [1.54, 1.807) is 0 Å². The first-order chi connectivity index (χ1) is 30.7. The van der Waals surface area contributed by atoms with Crippen LogP contribution in [0.2, 0.25) is 0 Å². The Bertz CT molecular complexity index is 3630. The molecule has 3 aromatic heterocycles. The molecule has 5 nitrogen and oxygen atoms in total. The highest BCUT2D eigenvalue weighted by Gasteiger charge is 2.19. The third-order valence-electron chi connectivity index (χ3n) is 11.9. The first-order valence-electron chi connectivity index (χ1n) is 20.8. The molecule has 9 aromatic carbocycles. The van der Waals surface area contributed by atoms with Crippen LogP contribution in [0.5, 0.6) is 0 Å². The molecule has 12 rings (SSSR count). The van der Waals surface area contributed by atoms with Crippen molar-refractivity contribution in [3.63, 3.8) is 0 Å². The fourth-order valence-electron chi connectivity index (χ4n) is 8.88. The number of rotatable bonds is 7. The first kappa shape index (κ1) is 35.5. The van der Waals surface area contributed by atoms with E-state index in [4.69, 9.17) is 19.4 Å². The quantitative estimate of drug-likeness (QED) is 0.161. The second-order valence-electron chi connectivity index (χ2n) is 15.6. The zero-order valence-corrected chi connectivity index (χ0v) is 33.5. The molecule has 0 unspecified atom stereocenters. The molecule has 0 spiro atoms. The Kier molecular flexibility index (Phi) is 8.42. The van der Waals surface area contributed by atoms with Gasteiger partial charge >= 0.3 is 0 Å². The molecule has 0 N–H and O–H groups in total. The van der Waals surface area contributed by atoms with Crippen LogP contribution in [0.1, 0.15) is 0 Å². The summed E-state index contributed by atoms with van der Waals surface area (Å²) in [4.78, 5) is 15.3. The van der Waals surface area contributed by atoms with E-state index in [0.717, 1.165) is 60.9 Å². The van der Waals surface area contributed by atoms with Crippen molar-refractivity contribution in [2.45, 2.75) is 0 Å². The number of hydrogen-bond acceptors (Lipinski definition) is 4. The van der Waals surface area contributed by atoms with Crippen LogP contribution in [0.15, 0.2) is 223 Å². The second kappa shape index (κ2) is 14.7. The van der Waals surface area contributed by atoms with Gasteiger partial charge in [-0.2, -0.15) is 0 Å². The number of aromatic nitrogens is 4. The summed E-state index contributed by atoms with van der Waals surface area (Å²) < 4.78 is 8.63. The molecule has 0 aliphatic carbocycles. The minimum absolute atomic E-state index is 0.581. The smallest absolute Gasteiger partial charge is 0.164 e. The fraction of sp³-hybridized carbons (Fsp3) is 0. The van der Waals surface area contributed by atoms with Crippen LogP contribution in [0.3, 0.4) is 0 Å². The minimum atomic E-state index is 0.581. The summed E-state index contributed by atoms with van der Waals surface area (Å²) in [5, 5.41) is 4.51. The van der Waals surface area contributed by atoms with Gasteiger partial charge in [0.2, 0.25) is 0 Å². The predicted octanol–water partition coefficient (Wildman–Crippen LogP) is 14.9. The number of nitrogens with zero attached hydrogens (tertiary/aromatic N) is 4. The van der Waals surface area contributed by atoms with E-state index in [0.29, 0.717) is 17.5 Å². The molecule has 62 heavy (non-hydrogen) atoms. The molecule has 3 heterocycles. The molecule has 0 atom stereocenters. The third kappa shape index (κ3) is 6.14. The predicted molar refractivity (Wildman–Crippen MR) is 254 cm³/mol. The maximum absolute atomic E-state index is 6.28. The Morgan fingerprint density at radius 1 is 0.290 bits per heavy atom. The van der Waals surface area contributed by atoms with Gasteiger partial charge in [-0.15, -0.1) is 0 Å². The zero-order chi connectivity index (χ0) is 41.0. The lowest BCUT2D eigenvalue weighted by Gasteiger charge is -2.14. The fourth-order valence-corrected chi connectivity index (χ4v) is 8.88. The van der Waals surface area contributed by atoms with Crippen molar-refractivity contribution < 1.29 is 4.42 Å². The lowest BCUT2D eigenvalue weighted by molar-refractivity contribution is 0.669. The van der Waals surface area contributed by atoms with Crippen molar-refractivity contribution in [1.29, 1.82) is 0 Å². The summed E-state index contributed by atoms with van der Waals surface area (Å²) in [6.07, 6.45) is 0. The highest BCUT2D eigenvalue weighted by atomic mass is 16.3. The molecule has 0 amide bonds. The molecule has 0 saturated heterocycles. The number of para-hydroxylation sites is 2. The monoisotopic (exact) mass is 792 g/mol. The van der Waals surface area contributed by atoms with E-state index in [-0.39, 0.29) is 0 Å². The molecule has 12 aromatic rings. The van der Waals surface area contributed by atoms with Gasteiger partial charge in [-0.25, -0.2) is 15.0 Å². The minimum Gasteiger partial charge on any atom is -0.456 e. The summed E-state index contributed by atoms with van der Waals surface area (Å²) in [7, 11) is 0. The summed E-state index contributed by atoms with van der Waals surface area (Å²) in [6.45, 7) is 0. The van der Waals surface area contributed by atoms with Gasteiger partial charge in [0.05, 0.1) is 11.0 Å². The van der Waals surface area contributed by atoms with Crippen molar-refractivity contribution >= 4 is 43.7 Å². The Morgan fingerprint density at radius 2 is 0.855 bits per heavy atom. The van der Waals surface area contributed by atoms with Crippen molar-refractivity contribution in [3.8, 4) is 73.2 Å². The van der Waals surface area contributed by atoms with E-state index in [1.807, 2.05) is 54.6 Å². The Hall–Kier alpha value is -8.41. The van der Waals surface area contributed by atoms with Crippen LogP contribution >= 0.6 is 0 Å². The van der Waals surface area contributed by atoms with Crippen molar-refractivity contribution in [2.75, 3.05) is 0 Å². The largest absolute Gasteiger partial charge is 0.456 e. The van der Waals surface area contributed by atoms with Crippen LogP contribution in [0, 0.1) is 0 Å². The van der Waals surface area contributed by atoms with Crippen LogP contribution in [-0.4, -0.2) is 19.5 Å². The molecule has 0 saturated carbocycles. The van der Waals surface area contributed by atoms with Gasteiger partial charge in [0.25, 0.3) is 0 Å². The van der Waals surface area contributed by atoms with E-state index in [1.165, 1.54) is 38.6 Å². The van der Waals surface area contributed by atoms with E-state index in [9.17, 15) is 0 Å². The first-order valence-corrected chi connectivity index (χ1v) is 20.8. The molecule has 0 bridgehead atoms. The molecule has 0 fully saturated rings. The highest BCUT2D eigenvalue weighted by Crippen LogP contribution is 2.40. The lowest BCUT2D eigenvalue weighted by atomic mass is 9.90. The topological polar surface area (TPSA) is 56.7 Å². The average molecular weight is 793 g/mol. The van der Waals surface area contributed by atoms with Crippen molar-refractivity contribution in [3.05, 3.63) is 218 Å². The molecule has 0 aliphatic heterocycles. The Balaban J connectivity index is 1.00. The van der Waals surface area contributed by atoms with Crippen molar-refractivity contribution in [1.82, 2.24) is 19.5 Å². The SMILES string of the molecule is c1ccc(-c2ccc(-c3ccccc3)c(-c3ccc4c(c3)c3ccccc3n4-c3cccc(-c4nc(-c5ccccc5)nc(-c5ccc6c(c5)oc5ccccc56)n4)c3)c2)cc1. The summed E-state index contributed by atoms with van der Waals surface area (Å²) in [6, 6.07) is 76.6. The van der Waals surface area contributed by atoms with Crippen LogP contribution in [0.25, 0.3) is 117 Å². The van der Waals surface area contributed by atoms with Gasteiger partial charge in [-0.1, -0.05) is 164 Å². The molecule has 290 valence electrons. The van der Waals surface area contributed by atoms with Crippen LogP contribution < -0.4 is 0 Å². The maximum atomic E-state index is 6.28. The normalized spacial score (nSPS) is 11.5. The number of fused-ring (bicyclic) bond motifs is 6. The third-order valence-corrected chi connectivity index (χ3v) is 11.9. The second-order valence-corrected chi connectivity index (χ2v) is 15.6. The highest BCUT2D eigenvalue weighted by molar-refractivity contribution is 6.11. The molecular weight excluding hydrogens is 757 g/mol. The van der Waals surface area contributed by atoms with E-state index < -0.39 is 0 Å². The van der Waals surface area contributed by atoms with Gasteiger partial charge in [0.1, 0.15) is 11.2 Å². The molecular formula is C57H36N4O. The molecule has 0 radical (unpaired) electrons. The van der Waals surface area contributed by atoms with Gasteiger partial charge in [-0.3, -0.25) is 0 Å². The van der Waals surface area contributed by atoms with Gasteiger partial charge in [-0.05, 0) is 88.0 Å². The van der Waals surface area contributed by atoms with E-state index in [2.05, 4.69) is 168 Å². The maximum Gasteiger partial charge on any atom is 0.164 e. The van der Waals surface area contributed by atoms with Gasteiger partial charge in [0.15, 0.2) is 17.5 Å². The number of benzene rings is 9. The van der Waals surface area contributed by atoms with Gasteiger partial charge < -0.3 is 8.98 Å². The van der Waals surface area contributed by atoms with E-state index >= 15 is 0 Å². The number of hydrogen-bond donors (Lipinski definition) is 0. The van der Waals surface area contributed by atoms with Crippen LogP contribution in [-0.2, 0) is 0 Å².